The van der Waals surface area contributed by atoms with E-state index in [1.807, 2.05) is 55.7 Å². The van der Waals surface area contributed by atoms with Crippen LogP contribution < -0.4 is 5.32 Å². The lowest BCUT2D eigenvalue weighted by molar-refractivity contribution is 0.0939. The number of nitrogens with zero attached hydrogens (tertiary/aromatic N) is 1. The molecule has 0 aliphatic rings. The minimum Gasteiger partial charge on any atom is -0.345 e. The minimum atomic E-state index is -3.25. The Morgan fingerprint density at radius 3 is 2.31 bits per heavy atom. The van der Waals surface area contributed by atoms with Crippen LogP contribution in [0.5, 0.6) is 0 Å². The summed E-state index contributed by atoms with van der Waals surface area (Å²) in [7, 11) is -3.25. The molecule has 0 aliphatic carbocycles. The molecule has 1 heterocycles. The van der Waals surface area contributed by atoms with E-state index in [-0.39, 0.29) is 16.8 Å². The van der Waals surface area contributed by atoms with E-state index >= 15 is 0 Å². The summed E-state index contributed by atoms with van der Waals surface area (Å²) in [6, 6.07) is 15.6. The molecule has 152 valence electrons. The Morgan fingerprint density at radius 1 is 1.07 bits per heavy atom. The first kappa shape index (κ1) is 21.1. The molecule has 0 saturated carbocycles. The molecule has 2 aromatic carbocycles. The van der Waals surface area contributed by atoms with Gasteiger partial charge >= 0.3 is 0 Å². The van der Waals surface area contributed by atoms with Crippen LogP contribution in [-0.4, -0.2) is 25.1 Å². The molecule has 5 nitrogen and oxygen atoms in total. The number of nitrogens with one attached hydrogen (secondary N) is 1. The maximum Gasteiger partial charge on any atom is 0.253 e. The van der Waals surface area contributed by atoms with E-state index in [2.05, 4.69) is 5.32 Å². The topological polar surface area (TPSA) is 68.2 Å². The number of carbonyl (C=O) groups excluding carboxylic acids is 1. The first-order valence-corrected chi connectivity index (χ1v) is 11.4. The highest BCUT2D eigenvalue weighted by atomic mass is 35.5. The molecule has 0 bridgehead atoms. The number of amides is 1. The Labute approximate surface area is 176 Å². The number of benzene rings is 2. The zero-order valence-electron chi connectivity index (χ0n) is 16.7. The molecule has 1 atom stereocenters. The summed E-state index contributed by atoms with van der Waals surface area (Å²) >= 11 is 6.11. The molecule has 1 N–H and O–H groups in total. The summed E-state index contributed by atoms with van der Waals surface area (Å²) < 4.78 is 25.2. The van der Waals surface area contributed by atoms with Gasteiger partial charge in [0.15, 0.2) is 9.84 Å². The summed E-state index contributed by atoms with van der Waals surface area (Å²) in [5.74, 6) is -0.189. The van der Waals surface area contributed by atoms with Crippen molar-refractivity contribution in [2.24, 2.45) is 0 Å². The lowest BCUT2D eigenvalue weighted by atomic mass is 10.1. The normalized spacial score (nSPS) is 12.6. The van der Waals surface area contributed by atoms with Gasteiger partial charge in [0.25, 0.3) is 5.91 Å². The fourth-order valence-corrected chi connectivity index (χ4v) is 4.18. The Morgan fingerprint density at radius 2 is 1.72 bits per heavy atom. The average molecular weight is 431 g/mol. The summed E-state index contributed by atoms with van der Waals surface area (Å²) in [5.41, 5.74) is 4.06. The SMILES string of the molecule is Cc1cc(C(=O)NC(C)c2ccc(S(C)(=O)=O)cc2)c(C)n1-c1cccc(Cl)c1. The van der Waals surface area contributed by atoms with Crippen molar-refractivity contribution in [2.75, 3.05) is 6.26 Å². The van der Waals surface area contributed by atoms with Crippen molar-refractivity contribution < 1.29 is 13.2 Å². The van der Waals surface area contributed by atoms with Crippen LogP contribution in [0.15, 0.2) is 59.5 Å². The van der Waals surface area contributed by atoms with Gasteiger partial charge in [-0.25, -0.2) is 8.42 Å². The maximum absolute atomic E-state index is 12.9. The highest BCUT2D eigenvalue weighted by Gasteiger charge is 2.19. The third-order valence-corrected chi connectivity index (χ3v) is 6.26. The van der Waals surface area contributed by atoms with Crippen molar-refractivity contribution in [2.45, 2.75) is 31.7 Å². The highest BCUT2D eigenvalue weighted by molar-refractivity contribution is 7.90. The summed E-state index contributed by atoms with van der Waals surface area (Å²) in [5, 5.41) is 3.62. The van der Waals surface area contributed by atoms with Crippen LogP contribution in [0.1, 0.15) is 40.3 Å². The fourth-order valence-electron chi connectivity index (χ4n) is 3.37. The van der Waals surface area contributed by atoms with Gasteiger partial charge in [-0.15, -0.1) is 0 Å². The number of carbonyl (C=O) groups is 1. The van der Waals surface area contributed by atoms with Gasteiger partial charge in [-0.1, -0.05) is 29.8 Å². The van der Waals surface area contributed by atoms with Crippen molar-refractivity contribution in [3.05, 3.63) is 82.1 Å². The molecule has 0 saturated heterocycles. The van der Waals surface area contributed by atoms with Gasteiger partial charge in [0.2, 0.25) is 0 Å². The van der Waals surface area contributed by atoms with Gasteiger partial charge in [0.05, 0.1) is 16.5 Å². The molecule has 0 radical (unpaired) electrons. The second-order valence-electron chi connectivity index (χ2n) is 7.14. The Balaban J connectivity index is 1.83. The van der Waals surface area contributed by atoms with E-state index in [0.29, 0.717) is 10.6 Å². The van der Waals surface area contributed by atoms with E-state index in [0.717, 1.165) is 22.6 Å². The van der Waals surface area contributed by atoms with Crippen molar-refractivity contribution in [1.29, 1.82) is 0 Å². The molecule has 1 amide bonds. The number of hydrogen-bond acceptors (Lipinski definition) is 3. The monoisotopic (exact) mass is 430 g/mol. The van der Waals surface area contributed by atoms with Gasteiger partial charge in [-0.2, -0.15) is 0 Å². The summed E-state index contributed by atoms with van der Waals surface area (Å²) in [6.45, 7) is 5.70. The van der Waals surface area contributed by atoms with Crippen molar-refractivity contribution in [1.82, 2.24) is 9.88 Å². The van der Waals surface area contributed by atoms with Gasteiger partial charge in [-0.05, 0) is 62.7 Å². The van der Waals surface area contributed by atoms with Crippen LogP contribution >= 0.6 is 11.6 Å². The van der Waals surface area contributed by atoms with E-state index < -0.39 is 9.84 Å². The smallest absolute Gasteiger partial charge is 0.253 e. The number of rotatable bonds is 5. The van der Waals surface area contributed by atoms with E-state index in [4.69, 9.17) is 11.6 Å². The zero-order chi connectivity index (χ0) is 21.3. The van der Waals surface area contributed by atoms with Crippen LogP contribution in [0.3, 0.4) is 0 Å². The van der Waals surface area contributed by atoms with Crippen molar-refractivity contribution >= 4 is 27.3 Å². The second kappa shape index (κ2) is 8.05. The zero-order valence-corrected chi connectivity index (χ0v) is 18.3. The molecule has 3 aromatic rings. The predicted octanol–water partition coefficient (Wildman–Crippen LogP) is 4.64. The number of aromatic nitrogens is 1. The Hall–Kier alpha value is -2.57. The third kappa shape index (κ3) is 4.54. The van der Waals surface area contributed by atoms with Gasteiger partial charge in [0, 0.05) is 28.4 Å². The molecular weight excluding hydrogens is 408 g/mol. The summed E-state index contributed by atoms with van der Waals surface area (Å²) in [4.78, 5) is 13.1. The lowest BCUT2D eigenvalue weighted by Gasteiger charge is -2.15. The van der Waals surface area contributed by atoms with Gasteiger partial charge in [0.1, 0.15) is 0 Å². The van der Waals surface area contributed by atoms with E-state index in [1.165, 1.54) is 6.26 Å². The lowest BCUT2D eigenvalue weighted by Crippen LogP contribution is -2.27. The van der Waals surface area contributed by atoms with Gasteiger partial charge in [-0.3, -0.25) is 4.79 Å². The predicted molar refractivity (Wildman–Crippen MR) is 116 cm³/mol. The quantitative estimate of drug-likeness (QED) is 0.641. The van der Waals surface area contributed by atoms with E-state index in [9.17, 15) is 13.2 Å². The second-order valence-corrected chi connectivity index (χ2v) is 9.59. The summed E-state index contributed by atoms with van der Waals surface area (Å²) in [6.07, 6.45) is 1.17. The van der Waals surface area contributed by atoms with Crippen molar-refractivity contribution in [3.63, 3.8) is 0 Å². The Kier molecular flexibility index (Phi) is 5.87. The molecule has 0 aliphatic heterocycles. The average Bonchev–Trinajstić information content (AvgIpc) is 2.95. The minimum absolute atomic E-state index is 0.189. The number of hydrogen-bond donors (Lipinski definition) is 1. The number of aryl methyl sites for hydroxylation is 1. The van der Waals surface area contributed by atoms with Crippen LogP contribution in [-0.2, 0) is 9.84 Å². The standard InChI is InChI=1S/C22H23ClN2O3S/c1-14-12-21(16(3)25(14)19-7-5-6-18(23)13-19)22(26)24-15(2)17-8-10-20(11-9-17)29(4,27)28/h5-13,15H,1-4H3,(H,24,26). The maximum atomic E-state index is 12.9. The molecule has 1 unspecified atom stereocenters. The van der Waals surface area contributed by atoms with Crippen LogP contribution in [0.2, 0.25) is 5.02 Å². The number of halogens is 1. The largest absolute Gasteiger partial charge is 0.345 e. The molecular formula is C22H23ClN2O3S. The molecule has 0 spiro atoms. The van der Waals surface area contributed by atoms with Crippen LogP contribution in [0.4, 0.5) is 0 Å². The van der Waals surface area contributed by atoms with Gasteiger partial charge < -0.3 is 9.88 Å². The Bertz CT molecular complexity index is 1170. The molecule has 3 rings (SSSR count). The number of sulfone groups is 1. The highest BCUT2D eigenvalue weighted by Crippen LogP contribution is 2.24. The van der Waals surface area contributed by atoms with E-state index in [1.54, 1.807) is 24.3 Å². The van der Waals surface area contributed by atoms with Crippen LogP contribution in [0.25, 0.3) is 5.69 Å². The molecule has 7 heteroatoms. The fraction of sp³-hybridized carbons (Fsp3) is 0.227. The third-order valence-electron chi connectivity index (χ3n) is 4.90. The first-order chi connectivity index (χ1) is 13.6. The first-order valence-electron chi connectivity index (χ1n) is 9.13. The molecule has 1 aromatic heterocycles. The molecule has 0 fully saturated rings. The van der Waals surface area contributed by atoms with Crippen LogP contribution in [0, 0.1) is 13.8 Å². The molecule has 29 heavy (non-hydrogen) atoms. The van der Waals surface area contributed by atoms with Crippen molar-refractivity contribution in [3.8, 4) is 5.69 Å².